The van der Waals surface area contributed by atoms with E-state index in [1.54, 1.807) is 0 Å². The van der Waals surface area contributed by atoms with Gasteiger partial charge >= 0.3 is 0 Å². The van der Waals surface area contributed by atoms with Crippen LogP contribution in [0.4, 0.5) is 0 Å². The summed E-state index contributed by atoms with van der Waals surface area (Å²) in [6.45, 7) is 11.6. The van der Waals surface area contributed by atoms with Crippen LogP contribution in [0, 0.1) is 0 Å². The van der Waals surface area contributed by atoms with E-state index in [1.165, 1.54) is 0 Å². The molecule has 1 atom stereocenters. The fourth-order valence-corrected chi connectivity index (χ4v) is 1.95. The standard InChI is InChI=1S/C13H27N3O2/c1-11(2)15-13(17)12(3)14-5-4-6-16-7-9-18-10-8-16/h11-12,14H,4-10H2,1-3H3,(H,15,17). The zero-order valence-electron chi connectivity index (χ0n) is 11.9. The minimum absolute atomic E-state index is 0.0800. The van der Waals surface area contributed by atoms with E-state index in [9.17, 15) is 4.79 Å². The van der Waals surface area contributed by atoms with Crippen molar-refractivity contribution in [2.75, 3.05) is 39.4 Å². The Kier molecular flexibility index (Phi) is 7.23. The molecule has 5 nitrogen and oxygen atoms in total. The van der Waals surface area contributed by atoms with Gasteiger partial charge in [0.25, 0.3) is 0 Å². The summed E-state index contributed by atoms with van der Waals surface area (Å²) in [5.74, 6) is 0.0800. The molecule has 0 spiro atoms. The lowest BCUT2D eigenvalue weighted by Crippen LogP contribution is -2.45. The summed E-state index contributed by atoms with van der Waals surface area (Å²) in [5, 5.41) is 6.16. The van der Waals surface area contributed by atoms with Crippen LogP contribution in [-0.2, 0) is 9.53 Å². The quantitative estimate of drug-likeness (QED) is 0.640. The number of carbonyl (C=O) groups is 1. The van der Waals surface area contributed by atoms with Gasteiger partial charge < -0.3 is 15.4 Å². The minimum atomic E-state index is -0.114. The molecule has 2 N–H and O–H groups in total. The van der Waals surface area contributed by atoms with Crippen LogP contribution in [0.1, 0.15) is 27.2 Å². The molecule has 106 valence electrons. The number of morpholine rings is 1. The highest BCUT2D eigenvalue weighted by Crippen LogP contribution is 1.97. The maximum Gasteiger partial charge on any atom is 0.237 e. The Morgan fingerprint density at radius 2 is 1.94 bits per heavy atom. The van der Waals surface area contributed by atoms with Crippen LogP contribution in [-0.4, -0.2) is 62.3 Å². The molecule has 1 aliphatic rings. The molecule has 1 fully saturated rings. The molecule has 0 aromatic carbocycles. The predicted octanol–water partition coefficient (Wildman–Crippen LogP) is 0.211. The Hall–Kier alpha value is -0.650. The van der Waals surface area contributed by atoms with Crippen molar-refractivity contribution in [3.8, 4) is 0 Å². The summed E-state index contributed by atoms with van der Waals surface area (Å²) >= 11 is 0. The first-order chi connectivity index (χ1) is 8.59. The molecule has 0 aromatic rings. The van der Waals surface area contributed by atoms with E-state index in [0.717, 1.165) is 45.8 Å². The molecular formula is C13H27N3O2. The number of nitrogens with one attached hydrogen (secondary N) is 2. The zero-order chi connectivity index (χ0) is 13.4. The second-order valence-electron chi connectivity index (χ2n) is 5.15. The van der Waals surface area contributed by atoms with Crippen molar-refractivity contribution in [3.05, 3.63) is 0 Å². The molecule has 1 rings (SSSR count). The van der Waals surface area contributed by atoms with Crippen molar-refractivity contribution in [1.29, 1.82) is 0 Å². The van der Waals surface area contributed by atoms with Crippen LogP contribution in [0.3, 0.4) is 0 Å². The van der Waals surface area contributed by atoms with Crippen LogP contribution >= 0.6 is 0 Å². The minimum Gasteiger partial charge on any atom is -0.379 e. The lowest BCUT2D eigenvalue weighted by atomic mass is 10.2. The largest absolute Gasteiger partial charge is 0.379 e. The summed E-state index contributed by atoms with van der Waals surface area (Å²) in [6, 6.07) is 0.0900. The molecule has 1 unspecified atom stereocenters. The topological polar surface area (TPSA) is 53.6 Å². The van der Waals surface area contributed by atoms with Gasteiger partial charge in [-0.15, -0.1) is 0 Å². The van der Waals surface area contributed by atoms with Crippen LogP contribution < -0.4 is 10.6 Å². The van der Waals surface area contributed by atoms with E-state index in [-0.39, 0.29) is 18.0 Å². The predicted molar refractivity (Wildman–Crippen MR) is 72.6 cm³/mol. The van der Waals surface area contributed by atoms with Gasteiger partial charge in [-0.1, -0.05) is 0 Å². The Balaban J connectivity index is 2.04. The first kappa shape index (κ1) is 15.4. The molecule has 1 amide bonds. The van der Waals surface area contributed by atoms with Crippen LogP contribution in [0.15, 0.2) is 0 Å². The third-order valence-electron chi connectivity index (χ3n) is 3.03. The SMILES string of the molecule is CC(C)NC(=O)C(C)NCCCN1CCOCC1. The van der Waals surface area contributed by atoms with Gasteiger partial charge in [0, 0.05) is 19.1 Å². The van der Waals surface area contributed by atoms with Crippen molar-refractivity contribution in [2.24, 2.45) is 0 Å². The highest BCUT2D eigenvalue weighted by Gasteiger charge is 2.13. The number of carbonyl (C=O) groups excluding carboxylic acids is 1. The van der Waals surface area contributed by atoms with Gasteiger partial charge in [-0.05, 0) is 40.3 Å². The molecule has 1 aliphatic heterocycles. The van der Waals surface area contributed by atoms with Gasteiger partial charge in [0.2, 0.25) is 5.91 Å². The third kappa shape index (κ3) is 6.33. The van der Waals surface area contributed by atoms with Gasteiger partial charge in [0.05, 0.1) is 19.3 Å². The van der Waals surface area contributed by atoms with E-state index in [2.05, 4.69) is 15.5 Å². The Bertz CT molecular complexity index is 240. The Labute approximate surface area is 110 Å². The highest BCUT2D eigenvalue weighted by atomic mass is 16.5. The van der Waals surface area contributed by atoms with E-state index in [4.69, 9.17) is 4.74 Å². The third-order valence-corrected chi connectivity index (χ3v) is 3.03. The van der Waals surface area contributed by atoms with Crippen molar-refractivity contribution in [3.63, 3.8) is 0 Å². The smallest absolute Gasteiger partial charge is 0.237 e. The average Bonchev–Trinajstić information content (AvgIpc) is 2.34. The highest BCUT2D eigenvalue weighted by molar-refractivity contribution is 5.81. The van der Waals surface area contributed by atoms with Gasteiger partial charge in [-0.3, -0.25) is 9.69 Å². The second-order valence-corrected chi connectivity index (χ2v) is 5.15. The van der Waals surface area contributed by atoms with Crippen molar-refractivity contribution >= 4 is 5.91 Å². The van der Waals surface area contributed by atoms with E-state index in [0.29, 0.717) is 0 Å². The lowest BCUT2D eigenvalue weighted by Gasteiger charge is -2.26. The summed E-state index contributed by atoms with van der Waals surface area (Å²) in [7, 11) is 0. The monoisotopic (exact) mass is 257 g/mol. The van der Waals surface area contributed by atoms with Crippen LogP contribution in [0.5, 0.6) is 0 Å². The number of rotatable bonds is 7. The molecule has 1 saturated heterocycles. The maximum absolute atomic E-state index is 11.6. The molecule has 0 saturated carbocycles. The fraction of sp³-hybridized carbons (Fsp3) is 0.923. The van der Waals surface area contributed by atoms with Gasteiger partial charge in [0.15, 0.2) is 0 Å². The van der Waals surface area contributed by atoms with E-state index < -0.39 is 0 Å². The first-order valence-corrected chi connectivity index (χ1v) is 6.93. The zero-order valence-corrected chi connectivity index (χ0v) is 11.9. The number of ether oxygens (including phenoxy) is 1. The van der Waals surface area contributed by atoms with E-state index in [1.807, 2.05) is 20.8 Å². The number of hydrogen-bond acceptors (Lipinski definition) is 4. The van der Waals surface area contributed by atoms with Crippen LogP contribution in [0.25, 0.3) is 0 Å². The molecule has 0 aliphatic carbocycles. The van der Waals surface area contributed by atoms with E-state index >= 15 is 0 Å². The molecule has 1 heterocycles. The molecule has 5 heteroatoms. The van der Waals surface area contributed by atoms with Crippen LogP contribution in [0.2, 0.25) is 0 Å². The first-order valence-electron chi connectivity index (χ1n) is 6.93. The number of hydrogen-bond donors (Lipinski definition) is 2. The molecular weight excluding hydrogens is 230 g/mol. The molecule has 0 bridgehead atoms. The second kappa shape index (κ2) is 8.45. The average molecular weight is 257 g/mol. The normalized spacial score (nSPS) is 18.9. The maximum atomic E-state index is 11.6. The van der Waals surface area contributed by atoms with Crippen molar-refractivity contribution < 1.29 is 9.53 Å². The summed E-state index contributed by atoms with van der Waals surface area (Å²) in [6.07, 6.45) is 1.07. The number of amides is 1. The van der Waals surface area contributed by atoms with Gasteiger partial charge in [0.1, 0.15) is 0 Å². The Morgan fingerprint density at radius 1 is 1.28 bits per heavy atom. The summed E-state index contributed by atoms with van der Waals surface area (Å²) < 4.78 is 5.30. The number of nitrogens with zero attached hydrogens (tertiary/aromatic N) is 1. The van der Waals surface area contributed by atoms with Crippen molar-refractivity contribution in [2.45, 2.75) is 39.3 Å². The van der Waals surface area contributed by atoms with Gasteiger partial charge in [-0.2, -0.15) is 0 Å². The summed E-state index contributed by atoms with van der Waals surface area (Å²) in [4.78, 5) is 14.1. The Morgan fingerprint density at radius 3 is 2.56 bits per heavy atom. The van der Waals surface area contributed by atoms with Crippen molar-refractivity contribution in [1.82, 2.24) is 15.5 Å². The molecule has 0 aromatic heterocycles. The molecule has 18 heavy (non-hydrogen) atoms. The van der Waals surface area contributed by atoms with Gasteiger partial charge in [-0.25, -0.2) is 0 Å². The lowest BCUT2D eigenvalue weighted by molar-refractivity contribution is -0.123. The fourth-order valence-electron chi connectivity index (χ4n) is 1.95. The summed E-state index contributed by atoms with van der Waals surface area (Å²) in [5.41, 5.74) is 0. The molecule has 0 radical (unpaired) electrons.